The van der Waals surface area contributed by atoms with Gasteiger partial charge in [0.05, 0.1) is 19.8 Å². The van der Waals surface area contributed by atoms with Crippen LogP contribution in [0.3, 0.4) is 0 Å². The summed E-state index contributed by atoms with van der Waals surface area (Å²) in [5.74, 6) is 0.878. The zero-order chi connectivity index (χ0) is 21.5. The summed E-state index contributed by atoms with van der Waals surface area (Å²) in [6, 6.07) is 18.4. The van der Waals surface area contributed by atoms with E-state index >= 15 is 0 Å². The van der Waals surface area contributed by atoms with Crippen molar-refractivity contribution in [2.24, 2.45) is 0 Å². The van der Waals surface area contributed by atoms with E-state index in [0.717, 1.165) is 22.4 Å². The average Bonchev–Trinajstić information content (AvgIpc) is 2.77. The van der Waals surface area contributed by atoms with E-state index in [1.165, 1.54) is 6.08 Å². The number of ether oxygens (including phenoxy) is 2. The molecule has 0 aliphatic rings. The van der Waals surface area contributed by atoms with Gasteiger partial charge in [0.25, 0.3) is 0 Å². The maximum absolute atomic E-state index is 12.7. The summed E-state index contributed by atoms with van der Waals surface area (Å²) in [6.07, 6.45) is 3.12. The molecule has 0 saturated heterocycles. The van der Waals surface area contributed by atoms with Gasteiger partial charge in [-0.2, -0.15) is 0 Å². The standard InChI is InChI=1S/C25H25NO4/c1-17-6-4-5-7-21(17)26-16-19-9-12-23(28)20(14-19)22(27)11-8-18-10-13-24(29-2)25(15-18)30-3/h4-15,26,28H,16H2,1-3H3/b11-8+. The number of carbonyl (C=O) groups excluding carboxylic acids is 1. The Morgan fingerprint density at radius 3 is 2.50 bits per heavy atom. The zero-order valence-electron chi connectivity index (χ0n) is 17.3. The first-order valence-corrected chi connectivity index (χ1v) is 9.57. The minimum absolute atomic E-state index is 0.0448. The summed E-state index contributed by atoms with van der Waals surface area (Å²) in [4.78, 5) is 12.7. The number of hydrogen-bond acceptors (Lipinski definition) is 5. The number of allylic oxidation sites excluding steroid dienone is 1. The Kier molecular flexibility index (Phi) is 6.75. The summed E-state index contributed by atoms with van der Waals surface area (Å²) in [5, 5.41) is 13.5. The number of phenolic OH excluding ortho intramolecular Hbond substituents is 1. The molecule has 5 nitrogen and oxygen atoms in total. The topological polar surface area (TPSA) is 67.8 Å². The fourth-order valence-corrected chi connectivity index (χ4v) is 3.08. The van der Waals surface area contributed by atoms with Crippen LogP contribution in [0, 0.1) is 6.92 Å². The molecular weight excluding hydrogens is 378 g/mol. The number of nitrogens with one attached hydrogen (secondary N) is 1. The van der Waals surface area contributed by atoms with Gasteiger partial charge in [0.1, 0.15) is 5.75 Å². The second-order valence-electron chi connectivity index (χ2n) is 6.83. The second-order valence-corrected chi connectivity index (χ2v) is 6.83. The maximum Gasteiger partial charge on any atom is 0.189 e. The number of methoxy groups -OCH3 is 2. The van der Waals surface area contributed by atoms with E-state index in [1.54, 1.807) is 50.6 Å². The largest absolute Gasteiger partial charge is 0.507 e. The fourth-order valence-electron chi connectivity index (χ4n) is 3.08. The van der Waals surface area contributed by atoms with E-state index in [2.05, 4.69) is 5.32 Å². The van der Waals surface area contributed by atoms with Gasteiger partial charge >= 0.3 is 0 Å². The van der Waals surface area contributed by atoms with Crippen molar-refractivity contribution >= 4 is 17.5 Å². The van der Waals surface area contributed by atoms with Crippen molar-refractivity contribution in [1.82, 2.24) is 0 Å². The molecular formula is C25H25NO4. The summed E-state index contributed by atoms with van der Waals surface area (Å²) >= 11 is 0. The number of aromatic hydroxyl groups is 1. The summed E-state index contributed by atoms with van der Waals surface area (Å²) < 4.78 is 10.5. The molecule has 0 atom stereocenters. The van der Waals surface area contributed by atoms with E-state index in [-0.39, 0.29) is 17.1 Å². The van der Waals surface area contributed by atoms with Crippen LogP contribution >= 0.6 is 0 Å². The number of para-hydroxylation sites is 1. The molecule has 0 aromatic heterocycles. The lowest BCUT2D eigenvalue weighted by molar-refractivity contribution is 0.104. The molecule has 2 N–H and O–H groups in total. The van der Waals surface area contributed by atoms with E-state index in [9.17, 15) is 9.90 Å². The predicted molar refractivity (Wildman–Crippen MR) is 120 cm³/mol. The highest BCUT2D eigenvalue weighted by Gasteiger charge is 2.10. The maximum atomic E-state index is 12.7. The summed E-state index contributed by atoms with van der Waals surface area (Å²) in [6.45, 7) is 2.58. The van der Waals surface area contributed by atoms with Crippen molar-refractivity contribution in [3.05, 3.63) is 89.0 Å². The highest BCUT2D eigenvalue weighted by atomic mass is 16.5. The minimum Gasteiger partial charge on any atom is -0.507 e. The van der Waals surface area contributed by atoms with Gasteiger partial charge in [0.2, 0.25) is 0 Å². The van der Waals surface area contributed by atoms with Gasteiger partial charge in [0.15, 0.2) is 17.3 Å². The molecule has 0 saturated carbocycles. The SMILES string of the molecule is COc1ccc(/C=C/C(=O)c2cc(CNc3ccccc3C)ccc2O)cc1OC. The predicted octanol–water partition coefficient (Wildman–Crippen LogP) is 5.23. The van der Waals surface area contributed by atoms with E-state index in [4.69, 9.17) is 9.47 Å². The first-order valence-electron chi connectivity index (χ1n) is 9.57. The Bertz CT molecular complexity index is 1070. The molecule has 30 heavy (non-hydrogen) atoms. The molecule has 0 unspecified atom stereocenters. The number of carbonyl (C=O) groups is 1. The first-order chi connectivity index (χ1) is 14.5. The third-order valence-corrected chi connectivity index (χ3v) is 4.79. The molecule has 3 aromatic rings. The molecule has 0 amide bonds. The van der Waals surface area contributed by atoms with Crippen LogP contribution in [-0.4, -0.2) is 25.1 Å². The van der Waals surface area contributed by atoms with Crippen LogP contribution in [0.1, 0.15) is 27.0 Å². The van der Waals surface area contributed by atoms with Crippen LogP contribution < -0.4 is 14.8 Å². The number of benzene rings is 3. The van der Waals surface area contributed by atoms with Crippen LogP contribution in [0.2, 0.25) is 0 Å². The van der Waals surface area contributed by atoms with Crippen molar-refractivity contribution < 1.29 is 19.4 Å². The minimum atomic E-state index is -0.278. The molecule has 0 bridgehead atoms. The number of aryl methyl sites for hydroxylation is 1. The first kappa shape index (κ1) is 21.0. The summed E-state index contributed by atoms with van der Waals surface area (Å²) in [7, 11) is 3.13. The molecule has 3 aromatic carbocycles. The van der Waals surface area contributed by atoms with E-state index < -0.39 is 0 Å². The average molecular weight is 403 g/mol. The Balaban J connectivity index is 1.75. The smallest absolute Gasteiger partial charge is 0.189 e. The molecule has 0 fully saturated rings. The second kappa shape index (κ2) is 9.65. The lowest BCUT2D eigenvalue weighted by Gasteiger charge is -2.10. The molecule has 0 heterocycles. The van der Waals surface area contributed by atoms with Gasteiger partial charge in [-0.25, -0.2) is 0 Å². The molecule has 154 valence electrons. The third kappa shape index (κ3) is 5.00. The molecule has 0 aliphatic heterocycles. The van der Waals surface area contributed by atoms with Gasteiger partial charge < -0.3 is 19.9 Å². The molecule has 3 rings (SSSR count). The van der Waals surface area contributed by atoms with Gasteiger partial charge in [-0.05, 0) is 60.0 Å². The monoisotopic (exact) mass is 403 g/mol. The quantitative estimate of drug-likeness (QED) is 0.398. The van der Waals surface area contributed by atoms with E-state index in [1.807, 2.05) is 37.3 Å². The molecule has 0 radical (unpaired) electrons. The van der Waals surface area contributed by atoms with Crippen molar-refractivity contribution in [2.75, 3.05) is 19.5 Å². The highest BCUT2D eigenvalue weighted by molar-refractivity contribution is 6.08. The molecule has 5 heteroatoms. The van der Waals surface area contributed by atoms with Crippen molar-refractivity contribution in [3.8, 4) is 17.2 Å². The number of ketones is 1. The van der Waals surface area contributed by atoms with Crippen LogP contribution in [0.5, 0.6) is 17.2 Å². The Labute approximate surface area is 176 Å². The van der Waals surface area contributed by atoms with Gasteiger partial charge in [0, 0.05) is 12.2 Å². The zero-order valence-corrected chi connectivity index (χ0v) is 17.3. The van der Waals surface area contributed by atoms with E-state index in [0.29, 0.717) is 18.0 Å². The molecule has 0 spiro atoms. The van der Waals surface area contributed by atoms with Gasteiger partial charge in [-0.1, -0.05) is 36.4 Å². The van der Waals surface area contributed by atoms with Crippen molar-refractivity contribution in [3.63, 3.8) is 0 Å². The van der Waals surface area contributed by atoms with Crippen LogP contribution in [0.15, 0.2) is 66.7 Å². The summed E-state index contributed by atoms with van der Waals surface area (Å²) in [5.41, 5.74) is 4.13. The van der Waals surface area contributed by atoms with Gasteiger partial charge in [-0.15, -0.1) is 0 Å². The van der Waals surface area contributed by atoms with Crippen LogP contribution in [0.25, 0.3) is 6.08 Å². The Morgan fingerprint density at radius 1 is 1.00 bits per heavy atom. The van der Waals surface area contributed by atoms with Crippen molar-refractivity contribution in [1.29, 1.82) is 0 Å². The van der Waals surface area contributed by atoms with Gasteiger partial charge in [-0.3, -0.25) is 4.79 Å². The Hall–Kier alpha value is -3.73. The normalized spacial score (nSPS) is 10.8. The lowest BCUT2D eigenvalue weighted by atomic mass is 10.0. The Morgan fingerprint density at radius 2 is 1.77 bits per heavy atom. The van der Waals surface area contributed by atoms with Crippen LogP contribution in [-0.2, 0) is 6.54 Å². The number of rotatable bonds is 8. The lowest BCUT2D eigenvalue weighted by Crippen LogP contribution is -2.03. The highest BCUT2D eigenvalue weighted by Crippen LogP contribution is 2.28. The molecule has 0 aliphatic carbocycles. The van der Waals surface area contributed by atoms with Crippen LogP contribution in [0.4, 0.5) is 5.69 Å². The fraction of sp³-hybridized carbons (Fsp3) is 0.160. The number of hydrogen-bond donors (Lipinski definition) is 2. The van der Waals surface area contributed by atoms with Crippen molar-refractivity contribution in [2.45, 2.75) is 13.5 Å². The third-order valence-electron chi connectivity index (χ3n) is 4.79. The number of phenols is 1. The number of anilines is 1.